The predicted molar refractivity (Wildman–Crippen MR) is 55.9 cm³/mol. The third kappa shape index (κ3) is 3.40. The van der Waals surface area contributed by atoms with Gasteiger partial charge in [0.05, 0.1) is 5.57 Å². The van der Waals surface area contributed by atoms with Crippen molar-refractivity contribution in [1.82, 2.24) is 10.9 Å². The second kappa shape index (κ2) is 5.29. The monoisotopic (exact) mass is 202 g/mol. The summed E-state index contributed by atoms with van der Waals surface area (Å²) in [6, 6.07) is 10.4. The fourth-order valence-corrected chi connectivity index (χ4v) is 0.977. The van der Waals surface area contributed by atoms with Gasteiger partial charge in [-0.05, 0) is 5.56 Å². The summed E-state index contributed by atoms with van der Waals surface area (Å²) in [6.07, 6.45) is 1.38. The van der Waals surface area contributed by atoms with Gasteiger partial charge in [-0.2, -0.15) is 5.26 Å². The summed E-state index contributed by atoms with van der Waals surface area (Å²) in [5.41, 5.74) is 10.6. The summed E-state index contributed by atoms with van der Waals surface area (Å²) in [4.78, 5) is 10.3. The Hall–Kier alpha value is -2.48. The Labute approximate surface area is 87.2 Å². The molecular weight excluding hydrogens is 192 g/mol. The molecule has 5 nitrogen and oxygen atoms in total. The number of nitrogens with one attached hydrogen (secondary N) is 2. The van der Waals surface area contributed by atoms with Crippen LogP contribution in [0.5, 0.6) is 0 Å². The summed E-state index contributed by atoms with van der Waals surface area (Å²) >= 11 is 0. The zero-order valence-corrected chi connectivity index (χ0v) is 7.90. The van der Waals surface area contributed by atoms with Crippen LogP contribution in [0.1, 0.15) is 5.56 Å². The number of amides is 2. The number of nitriles is 1. The van der Waals surface area contributed by atoms with Gasteiger partial charge in [0.15, 0.2) is 0 Å². The predicted octanol–water partition coefficient (Wildman–Crippen LogP) is 0.724. The highest BCUT2D eigenvalue weighted by atomic mass is 16.2. The van der Waals surface area contributed by atoms with E-state index < -0.39 is 6.03 Å². The summed E-state index contributed by atoms with van der Waals surface area (Å²) in [7, 11) is 0. The van der Waals surface area contributed by atoms with Gasteiger partial charge in [0.1, 0.15) is 6.07 Å². The first kappa shape index (κ1) is 10.6. The van der Waals surface area contributed by atoms with Gasteiger partial charge in [-0.1, -0.05) is 30.3 Å². The molecule has 0 atom stereocenters. The maximum atomic E-state index is 10.3. The Morgan fingerprint density at radius 3 is 2.60 bits per heavy atom. The molecule has 0 aromatic heterocycles. The molecule has 0 aliphatic carbocycles. The number of nitrogens with two attached hydrogens (primary N) is 1. The normalized spacial score (nSPS) is 10.2. The smallest absolute Gasteiger partial charge is 0.330 e. The molecule has 0 saturated carbocycles. The molecule has 0 heterocycles. The minimum Gasteiger partial charge on any atom is -0.350 e. The van der Waals surface area contributed by atoms with Crippen molar-refractivity contribution in [3.05, 3.63) is 42.1 Å². The molecule has 4 N–H and O–H groups in total. The van der Waals surface area contributed by atoms with Gasteiger partial charge in [0, 0.05) is 6.20 Å². The van der Waals surface area contributed by atoms with Gasteiger partial charge in [-0.25, -0.2) is 4.79 Å². The molecule has 1 aromatic carbocycles. The number of benzene rings is 1. The number of primary amides is 1. The highest BCUT2D eigenvalue weighted by Gasteiger charge is 1.98. The number of hydrogen-bond acceptors (Lipinski definition) is 3. The average Bonchev–Trinajstić information content (AvgIpc) is 2.25. The first-order valence-electron chi connectivity index (χ1n) is 4.20. The van der Waals surface area contributed by atoms with Crippen molar-refractivity contribution >= 4 is 11.6 Å². The molecular formula is C10H10N4O. The van der Waals surface area contributed by atoms with E-state index in [2.05, 4.69) is 10.9 Å². The van der Waals surface area contributed by atoms with Gasteiger partial charge in [0.25, 0.3) is 0 Å². The lowest BCUT2D eigenvalue weighted by Crippen LogP contribution is -2.37. The van der Waals surface area contributed by atoms with Crippen LogP contribution in [0.25, 0.3) is 5.57 Å². The zero-order valence-electron chi connectivity index (χ0n) is 7.90. The van der Waals surface area contributed by atoms with Gasteiger partial charge < -0.3 is 11.2 Å². The largest absolute Gasteiger partial charge is 0.350 e. The lowest BCUT2D eigenvalue weighted by molar-refractivity contribution is 0.246. The van der Waals surface area contributed by atoms with Crippen molar-refractivity contribution in [2.24, 2.45) is 5.73 Å². The van der Waals surface area contributed by atoms with E-state index in [0.29, 0.717) is 5.57 Å². The number of urea groups is 1. The van der Waals surface area contributed by atoms with Crippen molar-refractivity contribution in [3.8, 4) is 6.07 Å². The summed E-state index contributed by atoms with van der Waals surface area (Å²) in [5, 5.41) is 8.84. The lowest BCUT2D eigenvalue weighted by atomic mass is 10.1. The van der Waals surface area contributed by atoms with E-state index in [9.17, 15) is 4.79 Å². The van der Waals surface area contributed by atoms with Gasteiger partial charge in [-0.3, -0.25) is 5.43 Å². The maximum absolute atomic E-state index is 10.3. The van der Waals surface area contributed by atoms with E-state index in [1.54, 1.807) is 12.1 Å². The number of hydrazine groups is 1. The van der Waals surface area contributed by atoms with Gasteiger partial charge >= 0.3 is 6.03 Å². The fourth-order valence-electron chi connectivity index (χ4n) is 0.977. The number of hydrogen-bond donors (Lipinski definition) is 3. The van der Waals surface area contributed by atoms with Crippen LogP contribution in [-0.2, 0) is 0 Å². The summed E-state index contributed by atoms with van der Waals surface area (Å²) < 4.78 is 0. The van der Waals surface area contributed by atoms with E-state index >= 15 is 0 Å². The van der Waals surface area contributed by atoms with Gasteiger partial charge in [0.2, 0.25) is 0 Å². The Kier molecular flexibility index (Phi) is 3.74. The molecule has 1 rings (SSSR count). The topological polar surface area (TPSA) is 90.9 Å². The van der Waals surface area contributed by atoms with E-state index in [1.165, 1.54) is 6.20 Å². The van der Waals surface area contributed by atoms with Crippen molar-refractivity contribution < 1.29 is 4.79 Å². The SMILES string of the molecule is N#C/C(=C\NNC(N)=O)c1ccccc1. The zero-order chi connectivity index (χ0) is 11.1. The molecule has 0 aliphatic heterocycles. The van der Waals surface area contributed by atoms with E-state index in [-0.39, 0.29) is 0 Å². The third-order valence-electron chi connectivity index (χ3n) is 1.62. The Morgan fingerprint density at radius 2 is 2.07 bits per heavy atom. The summed E-state index contributed by atoms with van der Waals surface area (Å²) in [6.45, 7) is 0. The minimum absolute atomic E-state index is 0.407. The Morgan fingerprint density at radius 1 is 1.40 bits per heavy atom. The minimum atomic E-state index is -0.711. The van der Waals surface area contributed by atoms with Crippen LogP contribution in [0.2, 0.25) is 0 Å². The first-order chi connectivity index (χ1) is 7.24. The molecule has 1 aromatic rings. The molecule has 76 valence electrons. The van der Waals surface area contributed by atoms with Crippen LogP contribution in [0.3, 0.4) is 0 Å². The fraction of sp³-hybridized carbons (Fsp3) is 0. The quantitative estimate of drug-likeness (QED) is 0.498. The van der Waals surface area contributed by atoms with Crippen LogP contribution >= 0.6 is 0 Å². The van der Waals surface area contributed by atoms with Crippen LogP contribution in [0, 0.1) is 11.3 Å². The second-order valence-corrected chi connectivity index (χ2v) is 2.67. The Bertz CT molecular complexity index is 405. The maximum Gasteiger partial charge on any atom is 0.330 e. The molecule has 2 amide bonds. The standard InChI is InChI=1S/C10H10N4O/c11-6-9(7-13-14-10(12)15)8-4-2-1-3-5-8/h1-5,7,13H,(H3,12,14,15)/b9-7+. The first-order valence-corrected chi connectivity index (χ1v) is 4.20. The number of carbonyl (C=O) groups is 1. The second-order valence-electron chi connectivity index (χ2n) is 2.67. The third-order valence-corrected chi connectivity index (χ3v) is 1.62. The highest BCUT2D eigenvalue weighted by Crippen LogP contribution is 2.10. The van der Waals surface area contributed by atoms with Crippen LogP contribution in [-0.4, -0.2) is 6.03 Å². The van der Waals surface area contributed by atoms with Crippen molar-refractivity contribution in [2.75, 3.05) is 0 Å². The molecule has 0 unspecified atom stereocenters. The van der Waals surface area contributed by atoms with Crippen LogP contribution in [0.4, 0.5) is 4.79 Å². The molecule has 0 aliphatic rings. The molecule has 0 bridgehead atoms. The highest BCUT2D eigenvalue weighted by molar-refractivity contribution is 5.77. The average molecular weight is 202 g/mol. The number of carbonyl (C=O) groups excluding carboxylic acids is 1. The number of allylic oxidation sites excluding steroid dienone is 1. The van der Waals surface area contributed by atoms with E-state index in [0.717, 1.165) is 5.56 Å². The molecule has 5 heteroatoms. The van der Waals surface area contributed by atoms with E-state index in [1.807, 2.05) is 24.3 Å². The lowest BCUT2D eigenvalue weighted by Gasteiger charge is -2.01. The molecule has 0 spiro atoms. The van der Waals surface area contributed by atoms with Crippen molar-refractivity contribution in [3.63, 3.8) is 0 Å². The van der Waals surface area contributed by atoms with Crippen LogP contribution < -0.4 is 16.6 Å². The van der Waals surface area contributed by atoms with Crippen LogP contribution in [0.15, 0.2) is 36.5 Å². The molecule has 0 saturated heterocycles. The van der Waals surface area contributed by atoms with Crippen molar-refractivity contribution in [2.45, 2.75) is 0 Å². The molecule has 0 fully saturated rings. The molecule has 15 heavy (non-hydrogen) atoms. The number of nitrogens with zero attached hydrogens (tertiary/aromatic N) is 1. The van der Waals surface area contributed by atoms with E-state index in [4.69, 9.17) is 11.0 Å². The Balaban J connectivity index is 2.73. The van der Waals surface area contributed by atoms with Gasteiger partial charge in [-0.15, -0.1) is 0 Å². The summed E-state index contributed by atoms with van der Waals surface area (Å²) in [5.74, 6) is 0. The molecule has 0 radical (unpaired) electrons. The van der Waals surface area contributed by atoms with Crippen molar-refractivity contribution in [1.29, 1.82) is 5.26 Å². The number of rotatable bonds is 3.